The van der Waals surface area contributed by atoms with Crippen molar-refractivity contribution in [3.8, 4) is 5.75 Å². The average molecular weight is 297 g/mol. The molecule has 0 aliphatic carbocycles. The standard InChI is InChI=1S/C14H14Cl2N2O/c1-19-13-7-6-9(15)8-11(13)14(18-17)10-4-2-3-5-12(10)16/h2-8,14,18H,17H2,1H3. The molecule has 19 heavy (non-hydrogen) atoms. The van der Waals surface area contributed by atoms with Crippen LogP contribution in [0.4, 0.5) is 0 Å². The van der Waals surface area contributed by atoms with E-state index in [0.717, 1.165) is 11.1 Å². The number of halogens is 2. The topological polar surface area (TPSA) is 47.3 Å². The Hall–Kier alpha value is -1.26. The van der Waals surface area contributed by atoms with Crippen molar-refractivity contribution in [2.75, 3.05) is 7.11 Å². The van der Waals surface area contributed by atoms with Crippen molar-refractivity contribution >= 4 is 23.2 Å². The quantitative estimate of drug-likeness (QED) is 0.670. The third-order valence-corrected chi connectivity index (χ3v) is 3.46. The Bertz CT molecular complexity index is 575. The Morgan fingerprint density at radius 2 is 1.84 bits per heavy atom. The highest BCUT2D eigenvalue weighted by Gasteiger charge is 2.19. The van der Waals surface area contributed by atoms with Gasteiger partial charge in [0, 0.05) is 15.6 Å². The fourth-order valence-electron chi connectivity index (χ4n) is 1.99. The number of nitrogens with two attached hydrogens (primary N) is 1. The first-order valence-electron chi connectivity index (χ1n) is 5.71. The molecule has 0 aromatic heterocycles. The van der Waals surface area contributed by atoms with Crippen LogP contribution in [0.1, 0.15) is 17.2 Å². The molecule has 0 aliphatic heterocycles. The van der Waals surface area contributed by atoms with E-state index < -0.39 is 0 Å². The van der Waals surface area contributed by atoms with E-state index in [0.29, 0.717) is 15.8 Å². The Balaban J connectivity index is 2.54. The minimum atomic E-state index is -0.289. The number of hydrazine groups is 1. The van der Waals surface area contributed by atoms with Crippen LogP contribution in [0.3, 0.4) is 0 Å². The molecule has 1 atom stereocenters. The first-order chi connectivity index (χ1) is 9.17. The molecule has 0 saturated heterocycles. The summed E-state index contributed by atoms with van der Waals surface area (Å²) in [6.45, 7) is 0. The molecule has 0 aliphatic rings. The Labute approximate surface area is 122 Å². The monoisotopic (exact) mass is 296 g/mol. The first-order valence-corrected chi connectivity index (χ1v) is 6.47. The van der Waals surface area contributed by atoms with Gasteiger partial charge in [0.2, 0.25) is 0 Å². The van der Waals surface area contributed by atoms with Gasteiger partial charge in [0.05, 0.1) is 13.2 Å². The lowest BCUT2D eigenvalue weighted by atomic mass is 9.98. The molecule has 2 rings (SSSR count). The van der Waals surface area contributed by atoms with Crippen LogP contribution in [-0.4, -0.2) is 7.11 Å². The van der Waals surface area contributed by atoms with Crippen LogP contribution in [0.5, 0.6) is 5.75 Å². The summed E-state index contributed by atoms with van der Waals surface area (Å²) in [5.41, 5.74) is 4.46. The van der Waals surface area contributed by atoms with Gasteiger partial charge in [0.25, 0.3) is 0 Å². The van der Waals surface area contributed by atoms with Crippen molar-refractivity contribution in [3.63, 3.8) is 0 Å². The molecule has 100 valence electrons. The number of ether oxygens (including phenoxy) is 1. The van der Waals surface area contributed by atoms with Crippen molar-refractivity contribution in [1.29, 1.82) is 0 Å². The molecule has 0 fully saturated rings. The molecular weight excluding hydrogens is 283 g/mol. The predicted octanol–water partition coefficient (Wildman–Crippen LogP) is 3.55. The molecular formula is C14H14Cl2N2O. The smallest absolute Gasteiger partial charge is 0.124 e. The number of hydrogen-bond acceptors (Lipinski definition) is 3. The van der Waals surface area contributed by atoms with Crippen molar-refractivity contribution in [1.82, 2.24) is 5.43 Å². The number of rotatable bonds is 4. The van der Waals surface area contributed by atoms with Crippen LogP contribution in [0.15, 0.2) is 42.5 Å². The Kier molecular flexibility index (Phi) is 4.66. The van der Waals surface area contributed by atoms with Crippen LogP contribution < -0.4 is 16.0 Å². The fourth-order valence-corrected chi connectivity index (χ4v) is 2.41. The summed E-state index contributed by atoms with van der Waals surface area (Å²) in [6.07, 6.45) is 0. The maximum absolute atomic E-state index is 6.21. The van der Waals surface area contributed by atoms with Crippen LogP contribution in [0.25, 0.3) is 0 Å². The fraction of sp³-hybridized carbons (Fsp3) is 0.143. The van der Waals surface area contributed by atoms with E-state index in [-0.39, 0.29) is 6.04 Å². The maximum atomic E-state index is 6.21. The predicted molar refractivity (Wildman–Crippen MR) is 78.6 cm³/mol. The van der Waals surface area contributed by atoms with Crippen molar-refractivity contribution in [3.05, 3.63) is 63.6 Å². The summed E-state index contributed by atoms with van der Waals surface area (Å²) in [5.74, 6) is 6.37. The van der Waals surface area contributed by atoms with E-state index in [1.165, 1.54) is 0 Å². The highest BCUT2D eigenvalue weighted by molar-refractivity contribution is 6.31. The van der Waals surface area contributed by atoms with Gasteiger partial charge in [-0.15, -0.1) is 0 Å². The average Bonchev–Trinajstić information content (AvgIpc) is 2.42. The third-order valence-electron chi connectivity index (χ3n) is 2.89. The number of hydrogen-bond donors (Lipinski definition) is 2. The van der Waals surface area contributed by atoms with Crippen LogP contribution >= 0.6 is 23.2 Å². The molecule has 0 heterocycles. The molecule has 0 radical (unpaired) electrons. The van der Waals surface area contributed by atoms with Gasteiger partial charge >= 0.3 is 0 Å². The Morgan fingerprint density at radius 3 is 2.47 bits per heavy atom. The second-order valence-corrected chi connectivity index (χ2v) is 4.85. The molecule has 0 amide bonds. The normalized spacial score (nSPS) is 12.2. The summed E-state index contributed by atoms with van der Waals surface area (Å²) in [6, 6.07) is 12.6. The van der Waals surface area contributed by atoms with Crippen molar-refractivity contribution < 1.29 is 4.74 Å². The van der Waals surface area contributed by atoms with Gasteiger partial charge in [-0.2, -0.15) is 0 Å². The second-order valence-electron chi connectivity index (χ2n) is 4.01. The molecule has 2 aromatic rings. The lowest BCUT2D eigenvalue weighted by molar-refractivity contribution is 0.404. The molecule has 5 heteroatoms. The van der Waals surface area contributed by atoms with Crippen molar-refractivity contribution in [2.45, 2.75) is 6.04 Å². The van der Waals surface area contributed by atoms with E-state index in [4.69, 9.17) is 33.8 Å². The van der Waals surface area contributed by atoms with Crippen LogP contribution in [0.2, 0.25) is 10.0 Å². The van der Waals surface area contributed by atoms with Gasteiger partial charge < -0.3 is 4.74 Å². The number of methoxy groups -OCH3 is 1. The lowest BCUT2D eigenvalue weighted by Crippen LogP contribution is -2.29. The zero-order valence-corrected chi connectivity index (χ0v) is 11.9. The molecule has 3 nitrogen and oxygen atoms in total. The van der Waals surface area contributed by atoms with Crippen LogP contribution in [-0.2, 0) is 0 Å². The van der Waals surface area contributed by atoms with Gasteiger partial charge in [-0.1, -0.05) is 41.4 Å². The number of benzene rings is 2. The molecule has 0 saturated carbocycles. The minimum Gasteiger partial charge on any atom is -0.496 e. The third kappa shape index (κ3) is 3.01. The zero-order chi connectivity index (χ0) is 13.8. The minimum absolute atomic E-state index is 0.289. The summed E-state index contributed by atoms with van der Waals surface area (Å²) in [4.78, 5) is 0. The zero-order valence-electron chi connectivity index (χ0n) is 10.4. The van der Waals surface area contributed by atoms with E-state index in [1.54, 1.807) is 19.2 Å². The molecule has 3 N–H and O–H groups in total. The van der Waals surface area contributed by atoms with E-state index in [9.17, 15) is 0 Å². The van der Waals surface area contributed by atoms with E-state index >= 15 is 0 Å². The van der Waals surface area contributed by atoms with Gasteiger partial charge in [-0.25, -0.2) is 5.43 Å². The summed E-state index contributed by atoms with van der Waals surface area (Å²) < 4.78 is 5.35. The highest BCUT2D eigenvalue weighted by atomic mass is 35.5. The lowest BCUT2D eigenvalue weighted by Gasteiger charge is -2.20. The second kappa shape index (κ2) is 6.26. The van der Waals surface area contributed by atoms with Gasteiger partial charge in [0.1, 0.15) is 5.75 Å². The molecule has 0 spiro atoms. The van der Waals surface area contributed by atoms with Crippen molar-refractivity contribution in [2.24, 2.45) is 5.84 Å². The first kappa shape index (κ1) is 14.2. The summed E-state index contributed by atoms with van der Waals surface area (Å²) in [7, 11) is 1.60. The maximum Gasteiger partial charge on any atom is 0.124 e. The van der Waals surface area contributed by atoms with E-state index in [1.807, 2.05) is 30.3 Å². The van der Waals surface area contributed by atoms with Crippen LogP contribution in [0, 0.1) is 0 Å². The molecule has 0 bridgehead atoms. The number of nitrogens with one attached hydrogen (secondary N) is 1. The van der Waals surface area contributed by atoms with Gasteiger partial charge in [-0.3, -0.25) is 5.84 Å². The molecule has 2 aromatic carbocycles. The highest BCUT2D eigenvalue weighted by Crippen LogP contribution is 2.34. The summed E-state index contributed by atoms with van der Waals surface area (Å²) >= 11 is 12.3. The largest absolute Gasteiger partial charge is 0.496 e. The summed E-state index contributed by atoms with van der Waals surface area (Å²) in [5, 5.41) is 1.25. The molecule has 1 unspecified atom stereocenters. The SMILES string of the molecule is COc1ccc(Cl)cc1C(NN)c1ccccc1Cl. The van der Waals surface area contributed by atoms with E-state index in [2.05, 4.69) is 5.43 Å². The van der Waals surface area contributed by atoms with Gasteiger partial charge in [-0.05, 0) is 29.8 Å². The van der Waals surface area contributed by atoms with Gasteiger partial charge in [0.15, 0.2) is 0 Å². The Morgan fingerprint density at radius 1 is 1.11 bits per heavy atom.